The van der Waals surface area contributed by atoms with Gasteiger partial charge in [-0.15, -0.1) is 0 Å². The van der Waals surface area contributed by atoms with Gasteiger partial charge < -0.3 is 14.7 Å². The number of rotatable bonds is 4. The van der Waals surface area contributed by atoms with Crippen molar-refractivity contribution in [2.24, 2.45) is 0 Å². The summed E-state index contributed by atoms with van der Waals surface area (Å²) in [5.41, 5.74) is 3.03. The minimum atomic E-state index is -0.540. The van der Waals surface area contributed by atoms with Crippen LogP contribution in [0.25, 0.3) is 5.69 Å². The van der Waals surface area contributed by atoms with Crippen molar-refractivity contribution in [3.8, 4) is 5.69 Å². The summed E-state index contributed by atoms with van der Waals surface area (Å²) < 4.78 is 8.52. The summed E-state index contributed by atoms with van der Waals surface area (Å²) in [5.74, 6) is -0.333. The summed E-state index contributed by atoms with van der Waals surface area (Å²) in [5, 5.41) is 18.3. The number of aliphatic hydroxyl groups is 1. The molecule has 0 radical (unpaired) electrons. The first-order chi connectivity index (χ1) is 11.9. The molecule has 0 saturated carbocycles. The minimum Gasteiger partial charge on any atom is -0.465 e. The molecule has 2 aromatic rings. The Morgan fingerprint density at radius 2 is 2.08 bits per heavy atom. The van der Waals surface area contributed by atoms with Crippen LogP contribution in [0.15, 0.2) is 18.2 Å². The standard InChI is InChI=1S/C16H21N5O3S/c1-10-5-4-6-11(2)14(10)21-16(25)20(17-18-21)9-19-8-12(22)7-13(19)15(23)24-3/h4-6,12-13,22H,7-9H2,1-3H3/p+1/t12-,13+/m1/s1. The Hall–Kier alpha value is -2.10. The highest BCUT2D eigenvalue weighted by atomic mass is 32.1. The zero-order chi connectivity index (χ0) is 18.1. The highest BCUT2D eigenvalue weighted by Gasteiger charge is 2.41. The zero-order valence-electron chi connectivity index (χ0n) is 14.5. The number of nitrogens with one attached hydrogen (secondary N) is 1. The average Bonchev–Trinajstić information content (AvgIpc) is 3.11. The summed E-state index contributed by atoms with van der Waals surface area (Å²) in [7, 11) is 1.35. The molecule has 1 aromatic heterocycles. The molecule has 0 bridgehead atoms. The second-order valence-corrected chi connectivity index (χ2v) is 6.76. The van der Waals surface area contributed by atoms with Gasteiger partial charge in [0.1, 0.15) is 12.6 Å². The Bertz CT molecular complexity index is 826. The molecule has 1 aliphatic heterocycles. The molecule has 3 rings (SSSR count). The lowest BCUT2D eigenvalue weighted by Crippen LogP contribution is -3.14. The number of aliphatic hydroxyl groups excluding tert-OH is 1. The zero-order valence-corrected chi connectivity index (χ0v) is 15.3. The van der Waals surface area contributed by atoms with Crippen molar-refractivity contribution >= 4 is 18.2 Å². The lowest BCUT2D eigenvalue weighted by molar-refractivity contribution is -0.928. The SMILES string of the molecule is COC(=O)[C@@H]1C[C@@H](O)C[NH+]1Cn1nnn(-c2c(C)cccc2C)c1=S. The maximum Gasteiger partial charge on any atom is 0.364 e. The van der Waals surface area contributed by atoms with Gasteiger partial charge in [-0.3, -0.25) is 0 Å². The molecule has 1 saturated heterocycles. The first-order valence-electron chi connectivity index (χ1n) is 8.12. The fourth-order valence-corrected chi connectivity index (χ4v) is 3.62. The van der Waals surface area contributed by atoms with E-state index in [0.29, 0.717) is 24.4 Å². The van der Waals surface area contributed by atoms with Crippen LogP contribution in [0.2, 0.25) is 0 Å². The van der Waals surface area contributed by atoms with Crippen LogP contribution < -0.4 is 4.90 Å². The van der Waals surface area contributed by atoms with E-state index in [0.717, 1.165) is 21.7 Å². The molecule has 8 nitrogen and oxygen atoms in total. The number of likely N-dealkylation sites (tertiary alicyclic amines) is 1. The van der Waals surface area contributed by atoms with Crippen LogP contribution in [-0.2, 0) is 16.2 Å². The first kappa shape index (κ1) is 17.7. The smallest absolute Gasteiger partial charge is 0.364 e. The van der Waals surface area contributed by atoms with Gasteiger partial charge in [0.15, 0.2) is 12.7 Å². The van der Waals surface area contributed by atoms with Crippen LogP contribution in [0.4, 0.5) is 0 Å². The quantitative estimate of drug-likeness (QED) is 0.565. The topological polar surface area (TPSA) is 86.6 Å². The van der Waals surface area contributed by atoms with Crippen LogP contribution in [-0.4, -0.2) is 56.7 Å². The lowest BCUT2D eigenvalue weighted by atomic mass is 10.1. The molecular formula is C16H22N5O3S+. The number of hydrogen-bond acceptors (Lipinski definition) is 6. The number of para-hydroxylation sites is 1. The van der Waals surface area contributed by atoms with Gasteiger partial charge in [0.25, 0.3) is 0 Å². The Kier molecular flexibility index (Phi) is 4.98. The molecule has 1 unspecified atom stereocenters. The Balaban J connectivity index is 1.89. The summed E-state index contributed by atoms with van der Waals surface area (Å²) in [4.78, 5) is 12.8. The highest BCUT2D eigenvalue weighted by molar-refractivity contribution is 7.71. The largest absolute Gasteiger partial charge is 0.465 e. The Labute approximate surface area is 150 Å². The summed E-state index contributed by atoms with van der Waals surface area (Å²) >= 11 is 5.53. The molecule has 1 aliphatic rings. The second kappa shape index (κ2) is 7.03. The maximum atomic E-state index is 11.9. The summed E-state index contributed by atoms with van der Waals surface area (Å²) in [6.45, 7) is 4.79. The van der Waals surface area contributed by atoms with Crippen molar-refractivity contribution in [3.63, 3.8) is 0 Å². The van der Waals surface area contributed by atoms with Crippen molar-refractivity contribution in [1.29, 1.82) is 0 Å². The van der Waals surface area contributed by atoms with Gasteiger partial charge in [0, 0.05) is 6.42 Å². The van der Waals surface area contributed by atoms with Crippen LogP contribution in [0.1, 0.15) is 17.5 Å². The number of carbonyl (C=O) groups is 1. The molecule has 2 N–H and O–H groups in total. The van der Waals surface area contributed by atoms with E-state index in [1.165, 1.54) is 7.11 Å². The predicted molar refractivity (Wildman–Crippen MR) is 91.9 cm³/mol. The minimum absolute atomic E-state index is 0.333. The molecule has 3 atom stereocenters. The van der Waals surface area contributed by atoms with Gasteiger partial charge >= 0.3 is 5.97 Å². The van der Waals surface area contributed by atoms with Gasteiger partial charge in [0.05, 0.1) is 12.8 Å². The van der Waals surface area contributed by atoms with E-state index in [4.69, 9.17) is 17.0 Å². The fraction of sp³-hybridized carbons (Fsp3) is 0.500. The fourth-order valence-electron chi connectivity index (χ4n) is 3.39. The number of benzene rings is 1. The highest BCUT2D eigenvalue weighted by Crippen LogP contribution is 2.17. The Morgan fingerprint density at radius 3 is 2.72 bits per heavy atom. The van der Waals surface area contributed by atoms with Crippen molar-refractivity contribution < 1.29 is 19.5 Å². The van der Waals surface area contributed by atoms with E-state index < -0.39 is 12.1 Å². The second-order valence-electron chi connectivity index (χ2n) is 6.40. The number of aryl methyl sites for hydroxylation is 2. The molecule has 0 aliphatic carbocycles. The van der Waals surface area contributed by atoms with Crippen LogP contribution >= 0.6 is 12.2 Å². The van der Waals surface area contributed by atoms with Crippen molar-refractivity contribution in [1.82, 2.24) is 19.8 Å². The number of carbonyl (C=O) groups excluding carboxylic acids is 1. The average molecular weight is 364 g/mol. The van der Waals surface area contributed by atoms with Crippen LogP contribution in [0.3, 0.4) is 0 Å². The maximum absolute atomic E-state index is 11.9. The monoisotopic (exact) mass is 364 g/mol. The molecule has 134 valence electrons. The van der Waals surface area contributed by atoms with Crippen molar-refractivity contribution in [2.75, 3.05) is 13.7 Å². The van der Waals surface area contributed by atoms with Gasteiger partial charge in [-0.1, -0.05) is 18.2 Å². The first-order valence-corrected chi connectivity index (χ1v) is 8.53. The van der Waals surface area contributed by atoms with E-state index in [-0.39, 0.29) is 5.97 Å². The number of esters is 1. The third-order valence-corrected chi connectivity index (χ3v) is 5.01. The predicted octanol–water partition coefficient (Wildman–Crippen LogP) is -0.436. The number of ether oxygens (including phenoxy) is 1. The number of hydrogen-bond donors (Lipinski definition) is 2. The van der Waals surface area contributed by atoms with E-state index in [2.05, 4.69) is 10.4 Å². The van der Waals surface area contributed by atoms with Gasteiger partial charge in [-0.05, 0) is 47.6 Å². The summed E-state index contributed by atoms with van der Waals surface area (Å²) in [6.07, 6.45) is -0.165. The number of methoxy groups -OCH3 is 1. The normalized spacial score (nSPS) is 23.0. The van der Waals surface area contributed by atoms with Crippen molar-refractivity contribution in [2.45, 2.75) is 39.1 Å². The number of nitrogens with zero attached hydrogens (tertiary/aromatic N) is 4. The van der Waals surface area contributed by atoms with Crippen LogP contribution in [0.5, 0.6) is 0 Å². The van der Waals surface area contributed by atoms with Crippen molar-refractivity contribution in [3.05, 3.63) is 34.1 Å². The molecule has 25 heavy (non-hydrogen) atoms. The molecule has 1 aromatic carbocycles. The third-order valence-electron chi connectivity index (χ3n) is 4.63. The third kappa shape index (κ3) is 3.35. The lowest BCUT2D eigenvalue weighted by Gasteiger charge is -2.18. The molecular weight excluding hydrogens is 342 g/mol. The van der Waals surface area contributed by atoms with E-state index >= 15 is 0 Å². The molecule has 0 amide bonds. The Morgan fingerprint density at radius 1 is 1.40 bits per heavy atom. The number of quaternary nitrogens is 1. The molecule has 2 heterocycles. The molecule has 1 fully saturated rings. The van der Waals surface area contributed by atoms with Gasteiger partial charge in [-0.2, -0.15) is 9.36 Å². The summed E-state index contributed by atoms with van der Waals surface area (Å²) in [6, 6.07) is 5.56. The van der Waals surface area contributed by atoms with Crippen LogP contribution in [0, 0.1) is 18.6 Å². The van der Waals surface area contributed by atoms with Gasteiger partial charge in [-0.25, -0.2) is 4.79 Å². The number of aromatic nitrogens is 4. The van der Waals surface area contributed by atoms with E-state index in [1.807, 2.05) is 32.0 Å². The van der Waals surface area contributed by atoms with E-state index in [9.17, 15) is 9.90 Å². The van der Waals surface area contributed by atoms with Gasteiger partial charge in [0.2, 0.25) is 4.77 Å². The molecule has 9 heteroatoms. The molecule has 0 spiro atoms. The number of tetrazole rings is 1. The van der Waals surface area contributed by atoms with E-state index in [1.54, 1.807) is 9.36 Å².